The van der Waals surface area contributed by atoms with Crippen LogP contribution in [0.5, 0.6) is 0 Å². The van der Waals surface area contributed by atoms with Gasteiger partial charge in [-0.3, -0.25) is 4.98 Å². The number of hydrogen-bond acceptors (Lipinski definition) is 3. The van der Waals surface area contributed by atoms with E-state index in [2.05, 4.69) is 16.5 Å². The van der Waals surface area contributed by atoms with Crippen LogP contribution in [0.15, 0.2) is 24.4 Å². The van der Waals surface area contributed by atoms with Gasteiger partial charge in [-0.25, -0.2) is 13.8 Å². The standard InChI is InChI=1S/C21H23F2N3O/c1-12-7-15(5-6-27-12)26-19-16-8-14(22)3-4-17(16)24-11-18(19)25-20(26)13-9-21(2,23)10-13/h3-4,8,11-13,15H,5-7,9-10H2,1-2H3/t12-,13?,15?,21?/m1/s1. The Hall–Kier alpha value is -2.08. The van der Waals surface area contributed by atoms with Crippen molar-refractivity contribution < 1.29 is 13.5 Å². The molecule has 1 saturated carbocycles. The topological polar surface area (TPSA) is 39.9 Å². The summed E-state index contributed by atoms with van der Waals surface area (Å²) in [6, 6.07) is 4.89. The first kappa shape index (κ1) is 17.0. The van der Waals surface area contributed by atoms with E-state index >= 15 is 0 Å². The fourth-order valence-electron chi connectivity index (χ4n) is 4.78. The van der Waals surface area contributed by atoms with Gasteiger partial charge in [-0.1, -0.05) is 0 Å². The fourth-order valence-corrected chi connectivity index (χ4v) is 4.78. The minimum Gasteiger partial charge on any atom is -0.378 e. The number of halogens is 2. The van der Waals surface area contributed by atoms with Gasteiger partial charge in [0.15, 0.2) is 0 Å². The van der Waals surface area contributed by atoms with E-state index in [-0.39, 0.29) is 23.9 Å². The molecule has 3 heterocycles. The molecule has 1 aliphatic carbocycles. The van der Waals surface area contributed by atoms with E-state index < -0.39 is 5.67 Å². The van der Waals surface area contributed by atoms with Crippen molar-refractivity contribution in [2.75, 3.05) is 6.61 Å². The van der Waals surface area contributed by atoms with Crippen molar-refractivity contribution in [2.24, 2.45) is 0 Å². The molecule has 2 aromatic heterocycles. The van der Waals surface area contributed by atoms with Crippen molar-refractivity contribution in [3.63, 3.8) is 0 Å². The van der Waals surface area contributed by atoms with Gasteiger partial charge in [0.05, 0.1) is 23.3 Å². The van der Waals surface area contributed by atoms with Gasteiger partial charge in [0.1, 0.15) is 22.8 Å². The van der Waals surface area contributed by atoms with Gasteiger partial charge in [-0.05, 0) is 57.7 Å². The Morgan fingerprint density at radius 1 is 1.26 bits per heavy atom. The molecule has 1 aliphatic heterocycles. The second-order valence-corrected chi connectivity index (χ2v) is 8.37. The van der Waals surface area contributed by atoms with Gasteiger partial charge in [0, 0.05) is 24.0 Å². The van der Waals surface area contributed by atoms with E-state index in [9.17, 15) is 8.78 Å². The van der Waals surface area contributed by atoms with Crippen molar-refractivity contribution >= 4 is 21.9 Å². The number of nitrogens with zero attached hydrogens (tertiary/aromatic N) is 3. The second kappa shape index (κ2) is 5.96. The predicted octanol–water partition coefficient (Wildman–Crippen LogP) is 5.07. The van der Waals surface area contributed by atoms with Gasteiger partial charge in [0.2, 0.25) is 0 Å². The fraction of sp³-hybridized carbons (Fsp3) is 0.524. The molecule has 0 radical (unpaired) electrons. The molecule has 2 fully saturated rings. The lowest BCUT2D eigenvalue weighted by Crippen LogP contribution is -2.37. The summed E-state index contributed by atoms with van der Waals surface area (Å²) >= 11 is 0. The van der Waals surface area contributed by atoms with E-state index in [1.807, 2.05) is 0 Å². The van der Waals surface area contributed by atoms with Gasteiger partial charge >= 0.3 is 0 Å². The van der Waals surface area contributed by atoms with Crippen molar-refractivity contribution in [3.05, 3.63) is 36.0 Å². The average Bonchev–Trinajstić information content (AvgIpc) is 2.99. The average molecular weight is 371 g/mol. The Kier molecular flexibility index (Phi) is 3.76. The molecule has 2 atom stereocenters. The second-order valence-electron chi connectivity index (χ2n) is 8.37. The van der Waals surface area contributed by atoms with Crippen molar-refractivity contribution in [1.82, 2.24) is 14.5 Å². The predicted molar refractivity (Wildman–Crippen MR) is 100 cm³/mol. The summed E-state index contributed by atoms with van der Waals surface area (Å²) in [7, 11) is 0. The Balaban J connectivity index is 1.74. The van der Waals surface area contributed by atoms with Gasteiger partial charge in [0.25, 0.3) is 0 Å². The number of pyridine rings is 1. The van der Waals surface area contributed by atoms with Gasteiger partial charge in [-0.2, -0.15) is 0 Å². The van der Waals surface area contributed by atoms with E-state index in [0.29, 0.717) is 19.4 Å². The normalized spacial score (nSPS) is 31.3. The lowest BCUT2D eigenvalue weighted by Gasteiger charge is -2.40. The first-order valence-electron chi connectivity index (χ1n) is 9.68. The molecule has 1 saturated heterocycles. The van der Waals surface area contributed by atoms with Crippen LogP contribution in [0.1, 0.15) is 57.3 Å². The minimum atomic E-state index is -1.12. The quantitative estimate of drug-likeness (QED) is 0.631. The van der Waals surface area contributed by atoms with E-state index in [0.717, 1.165) is 40.6 Å². The highest BCUT2D eigenvalue weighted by Gasteiger charge is 2.44. The molecule has 0 amide bonds. The third-order valence-corrected chi connectivity index (χ3v) is 6.04. The van der Waals surface area contributed by atoms with Crippen LogP contribution in [0, 0.1) is 5.82 Å². The van der Waals surface area contributed by atoms with Crippen LogP contribution in [-0.4, -0.2) is 32.9 Å². The molecule has 27 heavy (non-hydrogen) atoms. The molecule has 2 aliphatic rings. The third kappa shape index (κ3) is 2.81. The lowest BCUT2D eigenvalue weighted by atomic mass is 9.73. The van der Waals surface area contributed by atoms with Crippen molar-refractivity contribution in [3.8, 4) is 0 Å². The van der Waals surface area contributed by atoms with Crippen LogP contribution in [-0.2, 0) is 4.74 Å². The molecule has 0 spiro atoms. The van der Waals surface area contributed by atoms with Crippen molar-refractivity contribution in [1.29, 1.82) is 0 Å². The molecule has 1 aromatic carbocycles. The molecule has 1 unspecified atom stereocenters. The highest BCUT2D eigenvalue weighted by Crippen LogP contribution is 2.48. The molecule has 6 heteroatoms. The number of rotatable bonds is 2. The van der Waals surface area contributed by atoms with Gasteiger partial charge in [-0.15, -0.1) is 0 Å². The maximum atomic E-state index is 14.2. The van der Waals surface area contributed by atoms with Gasteiger partial charge < -0.3 is 9.30 Å². The Labute approximate surface area is 156 Å². The Bertz CT molecular complexity index is 1020. The zero-order valence-electron chi connectivity index (χ0n) is 15.6. The molecular formula is C21H23F2N3O. The molecule has 5 rings (SSSR count). The van der Waals surface area contributed by atoms with Crippen LogP contribution in [0.4, 0.5) is 8.78 Å². The number of fused-ring (bicyclic) bond motifs is 3. The summed E-state index contributed by atoms with van der Waals surface area (Å²) in [6.45, 7) is 4.42. The summed E-state index contributed by atoms with van der Waals surface area (Å²) in [5, 5.41) is 0.771. The summed E-state index contributed by atoms with van der Waals surface area (Å²) in [5.41, 5.74) is 1.31. The number of imidazole rings is 1. The summed E-state index contributed by atoms with van der Waals surface area (Å²) in [5.74, 6) is 0.721. The highest BCUT2D eigenvalue weighted by molar-refractivity contribution is 6.02. The summed E-state index contributed by atoms with van der Waals surface area (Å²) in [4.78, 5) is 9.31. The number of benzene rings is 1. The number of aromatic nitrogens is 3. The Morgan fingerprint density at radius 3 is 2.81 bits per heavy atom. The maximum Gasteiger partial charge on any atom is 0.124 e. The van der Waals surface area contributed by atoms with Crippen LogP contribution < -0.4 is 0 Å². The summed E-state index contributed by atoms with van der Waals surface area (Å²) < 4.78 is 36.2. The monoisotopic (exact) mass is 371 g/mol. The first-order chi connectivity index (χ1) is 12.9. The molecule has 0 N–H and O–H groups in total. The van der Waals surface area contributed by atoms with Crippen LogP contribution in [0.25, 0.3) is 21.9 Å². The highest BCUT2D eigenvalue weighted by atomic mass is 19.1. The van der Waals surface area contributed by atoms with E-state index in [1.165, 1.54) is 12.1 Å². The smallest absolute Gasteiger partial charge is 0.124 e. The van der Waals surface area contributed by atoms with E-state index in [4.69, 9.17) is 9.72 Å². The molecule has 0 bridgehead atoms. The van der Waals surface area contributed by atoms with Crippen LogP contribution >= 0.6 is 0 Å². The molecule has 142 valence electrons. The molecular weight excluding hydrogens is 348 g/mol. The number of alkyl halides is 1. The molecule has 3 aromatic rings. The SMILES string of the molecule is C[C@@H]1CC(n2c(C3CC(C)(F)C3)nc3cnc4ccc(F)cc4c32)CCO1. The number of ether oxygens (including phenoxy) is 1. The lowest BCUT2D eigenvalue weighted by molar-refractivity contribution is 0.00394. The van der Waals surface area contributed by atoms with Crippen molar-refractivity contribution in [2.45, 2.75) is 63.3 Å². The third-order valence-electron chi connectivity index (χ3n) is 6.04. The Morgan fingerprint density at radius 2 is 2.07 bits per heavy atom. The maximum absolute atomic E-state index is 14.2. The van der Waals surface area contributed by atoms with Crippen LogP contribution in [0.2, 0.25) is 0 Å². The van der Waals surface area contributed by atoms with E-state index in [1.54, 1.807) is 19.2 Å². The molecule has 4 nitrogen and oxygen atoms in total. The first-order valence-corrected chi connectivity index (χ1v) is 9.68. The zero-order valence-corrected chi connectivity index (χ0v) is 15.6. The largest absolute Gasteiger partial charge is 0.378 e. The summed E-state index contributed by atoms with van der Waals surface area (Å²) in [6.07, 6.45) is 4.63. The van der Waals surface area contributed by atoms with Crippen LogP contribution in [0.3, 0.4) is 0 Å². The minimum absolute atomic E-state index is 0.0918. The zero-order chi connectivity index (χ0) is 18.8. The number of hydrogen-bond donors (Lipinski definition) is 0.